The van der Waals surface area contributed by atoms with Crippen molar-refractivity contribution in [3.8, 4) is 0 Å². The van der Waals surface area contributed by atoms with Crippen LogP contribution in [-0.4, -0.2) is 9.97 Å². The monoisotopic (exact) mass is 251 g/mol. The number of anilines is 1. The maximum absolute atomic E-state index is 5.77. The minimum absolute atomic E-state index is 0.212. The van der Waals surface area contributed by atoms with Crippen molar-refractivity contribution in [3.05, 3.63) is 41.3 Å². The molecule has 2 N–H and O–H groups in total. The lowest BCUT2D eigenvalue weighted by atomic mass is 10.2. The van der Waals surface area contributed by atoms with Crippen LogP contribution in [0.1, 0.15) is 5.56 Å². The molecule has 0 bridgehead atoms. The van der Waals surface area contributed by atoms with E-state index in [0.29, 0.717) is 10.7 Å². The van der Waals surface area contributed by atoms with Crippen LogP contribution in [0, 0.1) is 6.92 Å². The standard InChI is InChI=1S/C11H10ClN3S/c1-7-3-2-4-8(5-7)16-10-9(13)6-14-11(12)15-10/h2-6H,13H2,1H3. The lowest BCUT2D eigenvalue weighted by Crippen LogP contribution is -1.94. The molecule has 0 amide bonds. The predicted molar refractivity (Wildman–Crippen MR) is 66.8 cm³/mol. The molecule has 1 aromatic heterocycles. The Kier molecular flexibility index (Phi) is 3.31. The van der Waals surface area contributed by atoms with Gasteiger partial charge in [-0.15, -0.1) is 0 Å². The quantitative estimate of drug-likeness (QED) is 0.658. The number of rotatable bonds is 2. The molecule has 0 fully saturated rings. The third kappa shape index (κ3) is 2.65. The van der Waals surface area contributed by atoms with Gasteiger partial charge in [-0.1, -0.05) is 29.5 Å². The molecule has 0 aliphatic heterocycles. The Balaban J connectivity index is 2.30. The van der Waals surface area contributed by atoms with Crippen molar-refractivity contribution in [2.75, 3.05) is 5.73 Å². The van der Waals surface area contributed by atoms with E-state index in [2.05, 4.69) is 16.0 Å². The molecule has 0 atom stereocenters. The summed E-state index contributed by atoms with van der Waals surface area (Å²) in [5.74, 6) is 0. The third-order valence-corrected chi connectivity index (χ3v) is 3.15. The van der Waals surface area contributed by atoms with E-state index in [1.165, 1.54) is 23.5 Å². The van der Waals surface area contributed by atoms with Crippen LogP contribution in [0.4, 0.5) is 5.69 Å². The summed E-state index contributed by atoms with van der Waals surface area (Å²) in [6, 6.07) is 8.12. The summed E-state index contributed by atoms with van der Waals surface area (Å²) in [7, 11) is 0. The fourth-order valence-electron chi connectivity index (χ4n) is 1.23. The smallest absolute Gasteiger partial charge is 0.223 e. The SMILES string of the molecule is Cc1cccc(Sc2nc(Cl)ncc2N)c1. The van der Waals surface area contributed by atoms with Gasteiger partial charge in [-0.2, -0.15) is 0 Å². The van der Waals surface area contributed by atoms with E-state index in [9.17, 15) is 0 Å². The summed E-state index contributed by atoms with van der Waals surface area (Å²) in [6.45, 7) is 2.04. The molecule has 0 spiro atoms. The number of hydrogen-bond acceptors (Lipinski definition) is 4. The van der Waals surface area contributed by atoms with Crippen LogP contribution in [0.25, 0.3) is 0 Å². The van der Waals surface area contributed by atoms with Crippen LogP contribution in [0.2, 0.25) is 5.28 Å². The minimum Gasteiger partial charge on any atom is -0.395 e. The molecule has 5 heteroatoms. The first kappa shape index (κ1) is 11.2. The molecule has 16 heavy (non-hydrogen) atoms. The summed E-state index contributed by atoms with van der Waals surface area (Å²) in [5, 5.41) is 0.898. The largest absolute Gasteiger partial charge is 0.395 e. The Hall–Kier alpha value is -1.26. The third-order valence-electron chi connectivity index (χ3n) is 1.95. The van der Waals surface area contributed by atoms with Crippen molar-refractivity contribution in [1.29, 1.82) is 0 Å². The fraction of sp³-hybridized carbons (Fsp3) is 0.0909. The van der Waals surface area contributed by atoms with Crippen molar-refractivity contribution >= 4 is 29.1 Å². The highest BCUT2D eigenvalue weighted by Gasteiger charge is 2.05. The number of aryl methyl sites for hydroxylation is 1. The number of nitrogens with zero attached hydrogens (tertiary/aromatic N) is 2. The second kappa shape index (κ2) is 4.72. The lowest BCUT2D eigenvalue weighted by Gasteiger charge is -2.04. The van der Waals surface area contributed by atoms with Gasteiger partial charge in [-0.3, -0.25) is 0 Å². The first-order valence-corrected chi connectivity index (χ1v) is 5.87. The Morgan fingerprint density at radius 1 is 1.38 bits per heavy atom. The van der Waals surface area contributed by atoms with Gasteiger partial charge in [0.25, 0.3) is 0 Å². The van der Waals surface area contributed by atoms with Crippen molar-refractivity contribution in [2.24, 2.45) is 0 Å². The summed E-state index contributed by atoms with van der Waals surface area (Å²) in [6.07, 6.45) is 1.52. The number of benzene rings is 1. The van der Waals surface area contributed by atoms with E-state index in [1.807, 2.05) is 25.1 Å². The lowest BCUT2D eigenvalue weighted by molar-refractivity contribution is 1.06. The van der Waals surface area contributed by atoms with E-state index >= 15 is 0 Å². The molecule has 0 unspecified atom stereocenters. The van der Waals surface area contributed by atoms with E-state index in [4.69, 9.17) is 17.3 Å². The molecule has 2 aromatic rings. The zero-order chi connectivity index (χ0) is 11.5. The summed E-state index contributed by atoms with van der Waals surface area (Å²) in [4.78, 5) is 8.99. The van der Waals surface area contributed by atoms with Gasteiger partial charge >= 0.3 is 0 Å². The summed E-state index contributed by atoms with van der Waals surface area (Å²) < 4.78 is 0. The van der Waals surface area contributed by atoms with E-state index in [-0.39, 0.29) is 5.28 Å². The molecule has 0 aliphatic carbocycles. The summed E-state index contributed by atoms with van der Waals surface area (Å²) in [5.41, 5.74) is 7.51. The average Bonchev–Trinajstić information content (AvgIpc) is 2.24. The molecule has 0 aliphatic rings. The van der Waals surface area contributed by atoms with Crippen LogP contribution in [0.15, 0.2) is 40.4 Å². The van der Waals surface area contributed by atoms with Gasteiger partial charge in [0, 0.05) is 4.90 Å². The second-order valence-corrected chi connectivity index (χ2v) is 4.72. The van der Waals surface area contributed by atoms with Crippen LogP contribution in [0.5, 0.6) is 0 Å². The normalized spacial score (nSPS) is 10.4. The molecule has 82 valence electrons. The van der Waals surface area contributed by atoms with Gasteiger partial charge < -0.3 is 5.73 Å². The predicted octanol–water partition coefficient (Wildman–Crippen LogP) is 3.17. The van der Waals surface area contributed by atoms with Gasteiger partial charge in [-0.05, 0) is 30.7 Å². The second-order valence-electron chi connectivity index (χ2n) is 3.32. The maximum atomic E-state index is 5.77. The highest BCUT2D eigenvalue weighted by Crippen LogP contribution is 2.30. The van der Waals surface area contributed by atoms with E-state index in [1.54, 1.807) is 0 Å². The summed E-state index contributed by atoms with van der Waals surface area (Å²) >= 11 is 7.21. The number of aromatic nitrogens is 2. The zero-order valence-corrected chi connectivity index (χ0v) is 10.2. The maximum Gasteiger partial charge on any atom is 0.223 e. The molecular formula is C11H10ClN3S. The Labute approximate surface area is 103 Å². The molecule has 1 aromatic carbocycles. The molecule has 0 radical (unpaired) electrons. The van der Waals surface area contributed by atoms with Gasteiger partial charge in [0.15, 0.2) is 0 Å². The van der Waals surface area contributed by atoms with Crippen molar-refractivity contribution in [2.45, 2.75) is 16.8 Å². The van der Waals surface area contributed by atoms with Crippen molar-refractivity contribution in [3.63, 3.8) is 0 Å². The van der Waals surface area contributed by atoms with Crippen LogP contribution < -0.4 is 5.73 Å². The van der Waals surface area contributed by atoms with Crippen LogP contribution in [-0.2, 0) is 0 Å². The highest BCUT2D eigenvalue weighted by atomic mass is 35.5. The van der Waals surface area contributed by atoms with Crippen LogP contribution >= 0.6 is 23.4 Å². The van der Waals surface area contributed by atoms with Gasteiger partial charge in [0.05, 0.1) is 11.9 Å². The number of halogens is 1. The first-order valence-electron chi connectivity index (χ1n) is 4.67. The average molecular weight is 252 g/mol. The molecule has 1 heterocycles. The van der Waals surface area contributed by atoms with E-state index in [0.717, 1.165) is 4.90 Å². The van der Waals surface area contributed by atoms with Gasteiger partial charge in [0.2, 0.25) is 5.28 Å². The number of hydrogen-bond donors (Lipinski definition) is 1. The molecule has 0 saturated heterocycles. The Morgan fingerprint density at radius 2 is 2.19 bits per heavy atom. The minimum atomic E-state index is 0.212. The molecule has 0 saturated carbocycles. The Morgan fingerprint density at radius 3 is 2.94 bits per heavy atom. The van der Waals surface area contributed by atoms with Crippen LogP contribution in [0.3, 0.4) is 0 Å². The molecule has 3 nitrogen and oxygen atoms in total. The Bertz CT molecular complexity index is 516. The fourth-order valence-corrected chi connectivity index (χ4v) is 2.33. The first-order chi connectivity index (χ1) is 7.65. The zero-order valence-electron chi connectivity index (χ0n) is 8.64. The topological polar surface area (TPSA) is 51.8 Å². The van der Waals surface area contributed by atoms with Gasteiger partial charge in [0.1, 0.15) is 5.03 Å². The number of nitrogens with two attached hydrogens (primary N) is 1. The number of nitrogen functional groups attached to an aromatic ring is 1. The van der Waals surface area contributed by atoms with Crippen molar-refractivity contribution < 1.29 is 0 Å². The molecular weight excluding hydrogens is 242 g/mol. The van der Waals surface area contributed by atoms with Gasteiger partial charge in [-0.25, -0.2) is 9.97 Å². The molecule has 2 rings (SSSR count). The van der Waals surface area contributed by atoms with E-state index < -0.39 is 0 Å². The van der Waals surface area contributed by atoms with Crippen molar-refractivity contribution in [1.82, 2.24) is 9.97 Å². The highest BCUT2D eigenvalue weighted by molar-refractivity contribution is 7.99.